The average molecular weight is 292 g/mol. The highest BCUT2D eigenvalue weighted by Gasteiger charge is 2.22. The lowest BCUT2D eigenvalue weighted by molar-refractivity contribution is 0.195. The van der Waals surface area contributed by atoms with E-state index < -0.39 is 0 Å². The van der Waals surface area contributed by atoms with Crippen molar-refractivity contribution in [3.05, 3.63) is 30.1 Å². The van der Waals surface area contributed by atoms with Gasteiger partial charge in [0.05, 0.1) is 5.69 Å². The number of hydrogen-bond donors (Lipinski definition) is 1. The molecule has 0 atom stereocenters. The molecular formula is C18H29FN2. The molecule has 0 heterocycles. The number of anilines is 1. The summed E-state index contributed by atoms with van der Waals surface area (Å²) in [5, 5.41) is 3.24. The van der Waals surface area contributed by atoms with Crippen molar-refractivity contribution in [2.24, 2.45) is 5.92 Å². The van der Waals surface area contributed by atoms with Crippen LogP contribution in [0.5, 0.6) is 0 Å². The Balaban J connectivity index is 1.82. The quantitative estimate of drug-likeness (QED) is 0.757. The number of rotatable bonds is 8. The van der Waals surface area contributed by atoms with E-state index in [9.17, 15) is 4.39 Å². The fourth-order valence-electron chi connectivity index (χ4n) is 3.11. The molecule has 0 aliphatic heterocycles. The summed E-state index contributed by atoms with van der Waals surface area (Å²) in [7, 11) is 0. The molecule has 0 spiro atoms. The summed E-state index contributed by atoms with van der Waals surface area (Å²) in [6.07, 6.45) is 6.64. The standard InChI is InChI=1S/C18H29FN2/c1-15(2)11-13-21(16-7-3-4-8-16)14-12-20-18-10-6-5-9-17(18)19/h5-6,9-10,15-16,20H,3-4,7-8,11-14H2,1-2H3. The number of nitrogens with zero attached hydrogens (tertiary/aromatic N) is 1. The van der Waals surface area contributed by atoms with Gasteiger partial charge in [-0.05, 0) is 43.9 Å². The van der Waals surface area contributed by atoms with Crippen molar-refractivity contribution < 1.29 is 4.39 Å². The maximum absolute atomic E-state index is 13.6. The van der Waals surface area contributed by atoms with Crippen LogP contribution in [0.2, 0.25) is 0 Å². The highest BCUT2D eigenvalue weighted by atomic mass is 19.1. The molecule has 1 aromatic carbocycles. The van der Waals surface area contributed by atoms with Crippen LogP contribution in [0.3, 0.4) is 0 Å². The molecule has 0 bridgehead atoms. The molecule has 1 N–H and O–H groups in total. The van der Waals surface area contributed by atoms with Crippen LogP contribution >= 0.6 is 0 Å². The lowest BCUT2D eigenvalue weighted by Crippen LogP contribution is -2.38. The van der Waals surface area contributed by atoms with E-state index in [1.807, 2.05) is 12.1 Å². The minimum Gasteiger partial charge on any atom is -0.381 e. The van der Waals surface area contributed by atoms with Gasteiger partial charge in [-0.1, -0.05) is 38.8 Å². The smallest absolute Gasteiger partial charge is 0.146 e. The van der Waals surface area contributed by atoms with Gasteiger partial charge in [0.1, 0.15) is 5.82 Å². The molecule has 2 rings (SSSR count). The van der Waals surface area contributed by atoms with Crippen molar-refractivity contribution in [2.45, 2.75) is 52.0 Å². The van der Waals surface area contributed by atoms with E-state index in [-0.39, 0.29) is 5.82 Å². The third kappa shape index (κ3) is 5.31. The van der Waals surface area contributed by atoms with Crippen LogP contribution in [0.25, 0.3) is 0 Å². The van der Waals surface area contributed by atoms with Crippen LogP contribution in [0.15, 0.2) is 24.3 Å². The molecule has 0 saturated heterocycles. The van der Waals surface area contributed by atoms with Gasteiger partial charge in [-0.25, -0.2) is 4.39 Å². The Morgan fingerprint density at radius 1 is 1.19 bits per heavy atom. The molecular weight excluding hydrogens is 263 g/mol. The summed E-state index contributed by atoms with van der Waals surface area (Å²) in [6.45, 7) is 7.55. The van der Waals surface area contributed by atoms with Gasteiger partial charge in [0.25, 0.3) is 0 Å². The molecule has 1 aliphatic rings. The molecule has 0 aromatic heterocycles. The average Bonchev–Trinajstić information content (AvgIpc) is 2.98. The Bertz CT molecular complexity index is 413. The first-order chi connectivity index (χ1) is 10.2. The Labute approximate surface area is 128 Å². The van der Waals surface area contributed by atoms with Crippen molar-refractivity contribution in [3.8, 4) is 0 Å². The van der Waals surface area contributed by atoms with Gasteiger partial charge in [0.15, 0.2) is 0 Å². The Morgan fingerprint density at radius 3 is 2.57 bits per heavy atom. The van der Waals surface area contributed by atoms with Crippen LogP contribution in [-0.2, 0) is 0 Å². The summed E-state index contributed by atoms with van der Waals surface area (Å²) in [5.41, 5.74) is 0.618. The fraction of sp³-hybridized carbons (Fsp3) is 0.667. The fourth-order valence-corrected chi connectivity index (χ4v) is 3.11. The summed E-state index contributed by atoms with van der Waals surface area (Å²) in [4.78, 5) is 2.61. The number of hydrogen-bond acceptors (Lipinski definition) is 2. The molecule has 0 radical (unpaired) electrons. The highest BCUT2D eigenvalue weighted by molar-refractivity contribution is 5.44. The van der Waals surface area contributed by atoms with Crippen LogP contribution in [-0.4, -0.2) is 30.6 Å². The minimum atomic E-state index is -0.160. The van der Waals surface area contributed by atoms with Crippen LogP contribution in [0.1, 0.15) is 46.0 Å². The second-order valence-corrected chi connectivity index (χ2v) is 6.56. The van der Waals surface area contributed by atoms with Gasteiger partial charge >= 0.3 is 0 Å². The van der Waals surface area contributed by atoms with Gasteiger partial charge < -0.3 is 5.32 Å². The first kappa shape index (κ1) is 16.3. The Hall–Kier alpha value is -1.09. The first-order valence-electron chi connectivity index (χ1n) is 8.39. The van der Waals surface area contributed by atoms with Crippen molar-refractivity contribution in [1.82, 2.24) is 4.90 Å². The normalized spacial score (nSPS) is 16.0. The van der Waals surface area contributed by atoms with Gasteiger partial charge in [-0.2, -0.15) is 0 Å². The van der Waals surface area contributed by atoms with E-state index >= 15 is 0 Å². The van der Waals surface area contributed by atoms with E-state index in [1.165, 1.54) is 44.7 Å². The lowest BCUT2D eigenvalue weighted by Gasteiger charge is -2.29. The van der Waals surface area contributed by atoms with Gasteiger partial charge in [0.2, 0.25) is 0 Å². The molecule has 1 aliphatic carbocycles. The molecule has 118 valence electrons. The summed E-state index contributed by atoms with van der Waals surface area (Å²) < 4.78 is 13.6. The zero-order chi connectivity index (χ0) is 15.1. The zero-order valence-electron chi connectivity index (χ0n) is 13.4. The topological polar surface area (TPSA) is 15.3 Å². The van der Waals surface area contributed by atoms with Crippen LogP contribution < -0.4 is 5.32 Å². The van der Waals surface area contributed by atoms with E-state index in [0.29, 0.717) is 5.69 Å². The van der Waals surface area contributed by atoms with Crippen molar-refractivity contribution in [3.63, 3.8) is 0 Å². The van der Waals surface area contributed by atoms with Gasteiger partial charge in [-0.3, -0.25) is 4.90 Å². The molecule has 0 amide bonds. The summed E-state index contributed by atoms with van der Waals surface area (Å²) >= 11 is 0. The van der Waals surface area contributed by atoms with Gasteiger partial charge in [0, 0.05) is 19.1 Å². The van der Waals surface area contributed by atoms with Crippen LogP contribution in [0, 0.1) is 11.7 Å². The molecule has 1 saturated carbocycles. The van der Waals surface area contributed by atoms with Gasteiger partial charge in [-0.15, -0.1) is 0 Å². The van der Waals surface area contributed by atoms with Crippen molar-refractivity contribution in [1.29, 1.82) is 0 Å². The van der Waals surface area contributed by atoms with Crippen molar-refractivity contribution in [2.75, 3.05) is 25.0 Å². The largest absolute Gasteiger partial charge is 0.381 e. The summed E-state index contributed by atoms with van der Waals surface area (Å²) in [6, 6.07) is 7.66. The summed E-state index contributed by atoms with van der Waals surface area (Å²) in [5.74, 6) is 0.584. The van der Waals surface area contributed by atoms with Crippen molar-refractivity contribution >= 4 is 5.69 Å². The zero-order valence-corrected chi connectivity index (χ0v) is 13.4. The maximum Gasteiger partial charge on any atom is 0.146 e. The van der Waals surface area contributed by atoms with E-state index in [0.717, 1.165) is 25.0 Å². The lowest BCUT2D eigenvalue weighted by atomic mass is 10.1. The number of para-hydroxylation sites is 1. The molecule has 1 fully saturated rings. The molecule has 0 unspecified atom stereocenters. The number of halogens is 1. The number of benzene rings is 1. The van der Waals surface area contributed by atoms with E-state index in [2.05, 4.69) is 24.1 Å². The minimum absolute atomic E-state index is 0.160. The Morgan fingerprint density at radius 2 is 1.90 bits per heavy atom. The Kier molecular flexibility index (Phi) is 6.50. The maximum atomic E-state index is 13.6. The molecule has 2 nitrogen and oxygen atoms in total. The third-order valence-electron chi connectivity index (χ3n) is 4.42. The first-order valence-corrected chi connectivity index (χ1v) is 8.39. The predicted molar refractivity (Wildman–Crippen MR) is 88.2 cm³/mol. The molecule has 3 heteroatoms. The predicted octanol–water partition coefficient (Wildman–Crippen LogP) is 4.53. The van der Waals surface area contributed by atoms with E-state index in [1.54, 1.807) is 6.07 Å². The SMILES string of the molecule is CC(C)CCN(CCNc1ccccc1F)C1CCCC1. The molecule has 1 aromatic rings. The monoisotopic (exact) mass is 292 g/mol. The molecule has 21 heavy (non-hydrogen) atoms. The highest BCUT2D eigenvalue weighted by Crippen LogP contribution is 2.24. The van der Waals surface area contributed by atoms with E-state index in [4.69, 9.17) is 0 Å². The van der Waals surface area contributed by atoms with Crippen LogP contribution in [0.4, 0.5) is 10.1 Å². The third-order valence-corrected chi connectivity index (χ3v) is 4.42. The number of nitrogens with one attached hydrogen (secondary N) is 1. The second-order valence-electron chi connectivity index (χ2n) is 6.56. The second kappa shape index (κ2) is 8.38.